The van der Waals surface area contributed by atoms with Gasteiger partial charge in [-0.1, -0.05) is 30.4 Å². The minimum atomic E-state index is -0.596. The second-order valence-corrected chi connectivity index (χ2v) is 6.85. The van der Waals surface area contributed by atoms with E-state index in [1.165, 1.54) is 30.9 Å². The van der Waals surface area contributed by atoms with E-state index in [9.17, 15) is 14.0 Å². The van der Waals surface area contributed by atoms with Crippen LogP contribution in [0, 0.1) is 11.7 Å². The van der Waals surface area contributed by atoms with E-state index in [0.29, 0.717) is 22.9 Å². The molecule has 2 aliphatic rings. The van der Waals surface area contributed by atoms with Gasteiger partial charge < -0.3 is 9.47 Å². The number of allylic oxidation sites excluding steroid dienone is 3. The van der Waals surface area contributed by atoms with E-state index in [2.05, 4.69) is 0 Å². The van der Waals surface area contributed by atoms with E-state index in [-0.39, 0.29) is 18.3 Å². The van der Waals surface area contributed by atoms with Crippen LogP contribution < -0.4 is 14.4 Å². The van der Waals surface area contributed by atoms with Crippen molar-refractivity contribution in [1.82, 2.24) is 0 Å². The number of nitrogens with zero attached hydrogens (tertiary/aromatic N) is 2. The lowest BCUT2D eigenvalue weighted by atomic mass is 9.94. The van der Waals surface area contributed by atoms with Crippen LogP contribution in [0.5, 0.6) is 11.5 Å². The van der Waals surface area contributed by atoms with Crippen molar-refractivity contribution >= 4 is 23.3 Å². The Morgan fingerprint density at radius 2 is 1.73 bits per heavy atom. The molecule has 0 bridgehead atoms. The Morgan fingerprint density at radius 3 is 2.43 bits per heavy atom. The standard InChI is InChI=1S/C23H20FN2O4/c1-29-20-12-11-17(13-21(20)30-2)26-22(27)18-5-3-4-6-19(18)25(23(26)28)14-15-7-9-16(24)10-8-15/h3-13,18H,14H2,1-2H3/q+1. The summed E-state index contributed by atoms with van der Waals surface area (Å²) in [5, 5.41) is 0. The molecule has 0 spiro atoms. The number of halogens is 1. The Hall–Kier alpha value is -3.74. The zero-order chi connectivity index (χ0) is 21.3. The van der Waals surface area contributed by atoms with Crippen molar-refractivity contribution in [1.29, 1.82) is 0 Å². The summed E-state index contributed by atoms with van der Waals surface area (Å²) in [6.45, 7) is 0.209. The Kier molecular flexibility index (Phi) is 5.18. The van der Waals surface area contributed by atoms with Crippen LogP contribution in [0.3, 0.4) is 0 Å². The maximum absolute atomic E-state index is 13.4. The fraction of sp³-hybridized carbons (Fsp3) is 0.174. The summed E-state index contributed by atoms with van der Waals surface area (Å²) in [5.74, 6) is -0.389. The number of hydrogen-bond donors (Lipinski definition) is 0. The SMILES string of the molecule is COc1ccc(N2C(=O)C3C=CC=CC3=[N+](Cc3ccc(F)cc3)C2=O)cc1OC. The first-order chi connectivity index (χ1) is 14.5. The number of fused-ring (bicyclic) bond motifs is 1. The molecule has 1 unspecified atom stereocenters. The first-order valence-corrected chi connectivity index (χ1v) is 9.37. The molecule has 2 aromatic carbocycles. The lowest BCUT2D eigenvalue weighted by Crippen LogP contribution is -2.54. The second kappa shape index (κ2) is 7.94. The molecule has 1 aliphatic heterocycles. The predicted octanol–water partition coefficient (Wildman–Crippen LogP) is 3.71. The molecule has 1 aliphatic carbocycles. The van der Waals surface area contributed by atoms with Gasteiger partial charge in [0.25, 0.3) is 0 Å². The average molecular weight is 407 g/mol. The van der Waals surface area contributed by atoms with Crippen LogP contribution in [0.25, 0.3) is 0 Å². The number of rotatable bonds is 5. The first-order valence-electron chi connectivity index (χ1n) is 9.37. The number of carbonyl (C=O) groups excluding carboxylic acids is 2. The van der Waals surface area contributed by atoms with Crippen LogP contribution in [0.4, 0.5) is 14.9 Å². The first kappa shape index (κ1) is 19.6. The van der Waals surface area contributed by atoms with Gasteiger partial charge in [0.05, 0.1) is 14.2 Å². The molecule has 0 fully saturated rings. The Bertz CT molecular complexity index is 1100. The zero-order valence-electron chi connectivity index (χ0n) is 16.5. The van der Waals surface area contributed by atoms with Gasteiger partial charge in [0.2, 0.25) is 0 Å². The molecule has 6 nitrogen and oxygen atoms in total. The van der Waals surface area contributed by atoms with Crippen molar-refractivity contribution in [3.05, 3.63) is 78.1 Å². The van der Waals surface area contributed by atoms with Crippen molar-refractivity contribution in [2.75, 3.05) is 19.1 Å². The average Bonchev–Trinajstić information content (AvgIpc) is 2.78. The summed E-state index contributed by atoms with van der Waals surface area (Å²) in [4.78, 5) is 27.8. The second-order valence-electron chi connectivity index (χ2n) is 6.85. The highest BCUT2D eigenvalue weighted by molar-refractivity contribution is 6.25. The lowest BCUT2D eigenvalue weighted by molar-refractivity contribution is -0.445. The maximum atomic E-state index is 13.4. The van der Waals surface area contributed by atoms with Crippen LogP contribution in [-0.2, 0) is 11.3 Å². The van der Waals surface area contributed by atoms with Gasteiger partial charge in [-0.05, 0) is 35.9 Å². The van der Waals surface area contributed by atoms with Gasteiger partial charge in [-0.3, -0.25) is 0 Å². The number of carbonyl (C=O) groups is 2. The molecule has 3 amide bonds. The number of methoxy groups -OCH3 is 2. The van der Waals surface area contributed by atoms with E-state index >= 15 is 0 Å². The van der Waals surface area contributed by atoms with Crippen molar-refractivity contribution in [3.63, 3.8) is 0 Å². The van der Waals surface area contributed by atoms with Crippen LogP contribution in [0.15, 0.2) is 66.8 Å². The third-order valence-electron chi connectivity index (χ3n) is 5.10. The number of ether oxygens (including phenoxy) is 2. The molecule has 0 N–H and O–H groups in total. The molecule has 30 heavy (non-hydrogen) atoms. The van der Waals surface area contributed by atoms with E-state index in [1.807, 2.05) is 0 Å². The number of benzene rings is 2. The lowest BCUT2D eigenvalue weighted by Gasteiger charge is -2.27. The molecular formula is C23H20FN2O4+. The van der Waals surface area contributed by atoms with E-state index < -0.39 is 11.9 Å². The monoisotopic (exact) mass is 407 g/mol. The summed E-state index contributed by atoms with van der Waals surface area (Å²) >= 11 is 0. The highest BCUT2D eigenvalue weighted by Gasteiger charge is 2.48. The summed E-state index contributed by atoms with van der Waals surface area (Å²) in [5.41, 5.74) is 1.72. The number of urea groups is 1. The molecule has 0 radical (unpaired) electrons. The highest BCUT2D eigenvalue weighted by atomic mass is 19.1. The van der Waals surface area contributed by atoms with Gasteiger partial charge >= 0.3 is 11.9 Å². The van der Waals surface area contributed by atoms with Crippen LogP contribution in [-0.4, -0.2) is 36.4 Å². The van der Waals surface area contributed by atoms with E-state index in [0.717, 1.165) is 10.5 Å². The van der Waals surface area contributed by atoms with E-state index in [4.69, 9.17) is 9.47 Å². The van der Waals surface area contributed by atoms with Gasteiger partial charge in [-0.2, -0.15) is 9.37 Å². The summed E-state index contributed by atoms with van der Waals surface area (Å²) in [6.07, 6.45) is 7.09. The fourth-order valence-corrected chi connectivity index (χ4v) is 3.60. The number of imide groups is 1. The Morgan fingerprint density at radius 1 is 1.00 bits per heavy atom. The topological polar surface area (TPSA) is 58.8 Å². The zero-order valence-corrected chi connectivity index (χ0v) is 16.5. The fourth-order valence-electron chi connectivity index (χ4n) is 3.60. The van der Waals surface area contributed by atoms with Gasteiger partial charge in [0, 0.05) is 6.07 Å². The molecule has 2 aromatic rings. The van der Waals surface area contributed by atoms with Crippen molar-refractivity contribution in [2.45, 2.75) is 6.54 Å². The van der Waals surface area contributed by atoms with Gasteiger partial charge in [-0.25, -0.2) is 9.18 Å². The molecular weight excluding hydrogens is 387 g/mol. The third-order valence-corrected chi connectivity index (χ3v) is 5.10. The summed E-state index contributed by atoms with van der Waals surface area (Å²) in [7, 11) is 3.00. The molecule has 1 atom stereocenters. The molecule has 7 heteroatoms. The normalized spacial score (nSPS) is 18.0. The van der Waals surface area contributed by atoms with Gasteiger partial charge in [0.15, 0.2) is 11.5 Å². The molecule has 1 heterocycles. The third kappa shape index (κ3) is 3.39. The van der Waals surface area contributed by atoms with Crippen LogP contribution in [0.2, 0.25) is 0 Å². The minimum Gasteiger partial charge on any atom is -0.493 e. The van der Waals surface area contributed by atoms with Crippen LogP contribution >= 0.6 is 0 Å². The molecule has 0 saturated carbocycles. The molecule has 152 valence electrons. The van der Waals surface area contributed by atoms with Crippen molar-refractivity contribution in [3.8, 4) is 11.5 Å². The van der Waals surface area contributed by atoms with Crippen LogP contribution in [0.1, 0.15) is 5.56 Å². The number of amides is 3. The quantitative estimate of drug-likeness (QED) is 0.709. The van der Waals surface area contributed by atoms with E-state index in [1.54, 1.807) is 54.6 Å². The van der Waals surface area contributed by atoms with Gasteiger partial charge in [0.1, 0.15) is 29.7 Å². The molecule has 0 saturated heterocycles. The Labute approximate surface area is 173 Å². The Balaban J connectivity index is 1.79. The highest BCUT2D eigenvalue weighted by Crippen LogP contribution is 2.34. The van der Waals surface area contributed by atoms with Crippen molar-refractivity contribution in [2.24, 2.45) is 5.92 Å². The molecule has 0 aromatic heterocycles. The minimum absolute atomic E-state index is 0.209. The number of hydrogen-bond acceptors (Lipinski definition) is 4. The van der Waals surface area contributed by atoms with Gasteiger partial charge in [-0.15, -0.1) is 4.90 Å². The smallest absolute Gasteiger partial charge is 0.493 e. The maximum Gasteiger partial charge on any atom is 0.506 e. The summed E-state index contributed by atoms with van der Waals surface area (Å²) in [6, 6.07) is 10.3. The largest absolute Gasteiger partial charge is 0.506 e. The number of anilines is 1. The van der Waals surface area contributed by atoms with Crippen molar-refractivity contribution < 1.29 is 28.0 Å². The summed E-state index contributed by atoms with van der Waals surface area (Å²) < 4.78 is 25.4. The molecule has 4 rings (SSSR count). The predicted molar refractivity (Wildman–Crippen MR) is 110 cm³/mol.